The van der Waals surface area contributed by atoms with Gasteiger partial charge in [-0.2, -0.15) is 0 Å². The van der Waals surface area contributed by atoms with Gasteiger partial charge in [0.2, 0.25) is 5.91 Å². The van der Waals surface area contributed by atoms with E-state index < -0.39 is 23.0 Å². The molecule has 238 valence electrons. The van der Waals surface area contributed by atoms with E-state index in [9.17, 15) is 19.2 Å². The van der Waals surface area contributed by atoms with Crippen molar-refractivity contribution in [3.63, 3.8) is 0 Å². The minimum Gasteiger partial charge on any atom is -0.465 e. The second-order valence-corrected chi connectivity index (χ2v) is 12.6. The molecule has 0 bridgehead atoms. The smallest absolute Gasteiger partial charge is 0.341 e. The second-order valence-electron chi connectivity index (χ2n) is 10.3. The number of rotatable bonds is 11. The normalized spacial score (nSPS) is 11.8. The molecule has 0 aliphatic heterocycles. The van der Waals surface area contributed by atoms with Gasteiger partial charge in [-0.15, -0.1) is 23.1 Å². The molecule has 0 saturated heterocycles. The molecule has 9 nitrogen and oxygen atoms in total. The first kappa shape index (κ1) is 33.0. The number of amides is 3. The van der Waals surface area contributed by atoms with Crippen LogP contribution >= 0.6 is 23.1 Å². The lowest BCUT2D eigenvalue weighted by molar-refractivity contribution is -0.115. The Balaban J connectivity index is 1.28. The summed E-state index contributed by atoms with van der Waals surface area (Å²) in [6, 6.07) is 26.7. The maximum absolute atomic E-state index is 13.3. The van der Waals surface area contributed by atoms with Crippen molar-refractivity contribution in [1.29, 1.82) is 0 Å². The highest BCUT2D eigenvalue weighted by molar-refractivity contribution is 8.00. The molecule has 0 aliphatic rings. The molecule has 0 fully saturated rings. The lowest BCUT2D eigenvalue weighted by Gasteiger charge is -2.14. The molecule has 47 heavy (non-hydrogen) atoms. The fourth-order valence-corrected chi connectivity index (χ4v) is 6.36. The molecule has 5 rings (SSSR count). The van der Waals surface area contributed by atoms with Crippen LogP contribution in [0.15, 0.2) is 118 Å². The number of carbonyl (C=O) groups excluding carboxylic acids is 4. The summed E-state index contributed by atoms with van der Waals surface area (Å²) in [5.74, 6) is -1.47. The Morgan fingerprint density at radius 2 is 1.68 bits per heavy atom. The quantitative estimate of drug-likeness (QED) is 0.0752. The number of anilines is 2. The van der Waals surface area contributed by atoms with E-state index in [-0.39, 0.29) is 11.6 Å². The number of thioether (sulfide) groups is 1. The summed E-state index contributed by atoms with van der Waals surface area (Å²) in [5.41, 5.74) is 3.76. The Bertz CT molecular complexity index is 1920. The Hall–Kier alpha value is -5.39. The van der Waals surface area contributed by atoms with E-state index in [4.69, 9.17) is 9.15 Å². The molecule has 0 radical (unpaired) electrons. The summed E-state index contributed by atoms with van der Waals surface area (Å²) in [5, 5.41) is 10.0. The zero-order valence-electron chi connectivity index (χ0n) is 25.7. The van der Waals surface area contributed by atoms with Crippen molar-refractivity contribution in [2.75, 3.05) is 17.7 Å². The van der Waals surface area contributed by atoms with E-state index in [0.717, 1.165) is 16.0 Å². The van der Waals surface area contributed by atoms with Gasteiger partial charge in [0.15, 0.2) is 0 Å². The summed E-state index contributed by atoms with van der Waals surface area (Å²) >= 11 is 2.54. The zero-order chi connectivity index (χ0) is 33.3. The van der Waals surface area contributed by atoms with Crippen LogP contribution in [0.25, 0.3) is 17.2 Å². The first-order valence-electron chi connectivity index (χ1n) is 14.5. The molecule has 11 heteroatoms. The third-order valence-electron chi connectivity index (χ3n) is 6.91. The van der Waals surface area contributed by atoms with Gasteiger partial charge >= 0.3 is 5.97 Å². The molecule has 0 spiro atoms. The maximum atomic E-state index is 13.3. The van der Waals surface area contributed by atoms with E-state index in [0.29, 0.717) is 33.1 Å². The van der Waals surface area contributed by atoms with Crippen LogP contribution in [-0.4, -0.2) is 36.1 Å². The molecule has 3 aromatic carbocycles. The molecule has 0 saturated carbocycles. The highest BCUT2D eigenvalue weighted by atomic mass is 32.2. The van der Waals surface area contributed by atoms with E-state index in [1.807, 2.05) is 42.6 Å². The van der Waals surface area contributed by atoms with Crippen LogP contribution in [0.1, 0.15) is 39.0 Å². The van der Waals surface area contributed by atoms with Crippen LogP contribution in [0.2, 0.25) is 0 Å². The average molecular weight is 666 g/mol. The van der Waals surface area contributed by atoms with Crippen molar-refractivity contribution in [3.05, 3.63) is 131 Å². The van der Waals surface area contributed by atoms with Crippen LogP contribution < -0.4 is 16.0 Å². The lowest BCUT2D eigenvalue weighted by atomic mass is 10.0. The van der Waals surface area contributed by atoms with Crippen molar-refractivity contribution in [3.8, 4) is 11.1 Å². The van der Waals surface area contributed by atoms with E-state index >= 15 is 0 Å². The number of methoxy groups -OCH3 is 1. The van der Waals surface area contributed by atoms with Gasteiger partial charge in [0.05, 0.1) is 18.6 Å². The van der Waals surface area contributed by atoms with E-state index in [2.05, 4.69) is 16.0 Å². The van der Waals surface area contributed by atoms with Crippen LogP contribution in [-0.2, 0) is 14.3 Å². The molecule has 5 aromatic rings. The molecule has 2 aromatic heterocycles. The van der Waals surface area contributed by atoms with Gasteiger partial charge in [-0.1, -0.05) is 54.1 Å². The maximum Gasteiger partial charge on any atom is 0.341 e. The SMILES string of the molecule is COC(=O)c1c(-c2ccc(C)cc2)csc1NC(=O)C(C)Sc1cccc(NC(=O)/C(=C/c2ccco2)NC(=O)c2ccccc2)c1. The number of esters is 1. The summed E-state index contributed by atoms with van der Waals surface area (Å²) in [4.78, 5) is 52.9. The number of carbonyl (C=O) groups is 4. The largest absolute Gasteiger partial charge is 0.465 e. The number of nitrogens with one attached hydrogen (secondary N) is 3. The number of hydrogen-bond donors (Lipinski definition) is 3. The van der Waals surface area contributed by atoms with Crippen LogP contribution in [0.4, 0.5) is 10.7 Å². The summed E-state index contributed by atoms with van der Waals surface area (Å²) < 4.78 is 10.4. The Morgan fingerprint density at radius 3 is 2.38 bits per heavy atom. The molecule has 1 unspecified atom stereocenters. The highest BCUT2D eigenvalue weighted by Gasteiger charge is 2.24. The van der Waals surface area contributed by atoms with Gasteiger partial charge in [-0.05, 0) is 61.9 Å². The molecule has 0 aliphatic carbocycles. The molecule has 1 atom stereocenters. The predicted molar refractivity (Wildman–Crippen MR) is 185 cm³/mol. The van der Waals surface area contributed by atoms with E-state index in [1.54, 1.807) is 67.6 Å². The first-order chi connectivity index (χ1) is 22.7. The second kappa shape index (κ2) is 15.3. The number of ether oxygens (including phenoxy) is 1. The summed E-state index contributed by atoms with van der Waals surface area (Å²) in [7, 11) is 1.31. The molecule has 3 amide bonds. The van der Waals surface area contributed by atoms with Gasteiger partial charge in [0, 0.05) is 33.2 Å². The number of hydrogen-bond acceptors (Lipinski definition) is 8. The van der Waals surface area contributed by atoms with Gasteiger partial charge in [0.25, 0.3) is 11.8 Å². The molecule has 3 N–H and O–H groups in total. The fraction of sp³-hybridized carbons (Fsp3) is 0.111. The van der Waals surface area contributed by atoms with Gasteiger partial charge in [0.1, 0.15) is 22.0 Å². The monoisotopic (exact) mass is 665 g/mol. The van der Waals surface area contributed by atoms with Gasteiger partial charge in [-0.3, -0.25) is 14.4 Å². The minimum absolute atomic E-state index is 0.0121. The third kappa shape index (κ3) is 8.46. The third-order valence-corrected chi connectivity index (χ3v) is 8.90. The summed E-state index contributed by atoms with van der Waals surface area (Å²) in [6.07, 6.45) is 2.91. The molecule has 2 heterocycles. The highest BCUT2D eigenvalue weighted by Crippen LogP contribution is 2.37. The lowest BCUT2D eigenvalue weighted by Crippen LogP contribution is -2.30. The first-order valence-corrected chi connectivity index (χ1v) is 16.2. The predicted octanol–water partition coefficient (Wildman–Crippen LogP) is 7.63. The van der Waals surface area contributed by atoms with Crippen molar-refractivity contribution < 1.29 is 28.3 Å². The average Bonchev–Trinajstić information content (AvgIpc) is 3.75. The van der Waals surface area contributed by atoms with Crippen molar-refractivity contribution in [1.82, 2.24) is 5.32 Å². The standard InChI is InChI=1S/C36H31N3O6S2/c1-22-14-16-24(17-15-22)29-21-46-35(31(29)36(43)44-3)39-32(40)23(2)47-28-13-7-11-26(19-28)37-34(42)30(20-27-12-8-18-45-27)38-33(41)25-9-5-4-6-10-25/h4-21,23H,1-3H3,(H,37,42)(H,38,41)(H,39,40)/b30-20-. The molecular weight excluding hydrogens is 635 g/mol. The number of aryl methyl sites for hydroxylation is 1. The van der Waals surface area contributed by atoms with Crippen LogP contribution in [0.5, 0.6) is 0 Å². The van der Waals surface area contributed by atoms with Gasteiger partial charge in [-0.25, -0.2) is 4.79 Å². The van der Waals surface area contributed by atoms with Gasteiger partial charge < -0.3 is 25.1 Å². The zero-order valence-corrected chi connectivity index (χ0v) is 27.4. The Morgan fingerprint density at radius 1 is 0.915 bits per heavy atom. The van der Waals surface area contributed by atoms with Crippen molar-refractivity contribution in [2.24, 2.45) is 0 Å². The number of benzene rings is 3. The minimum atomic E-state index is -0.559. The van der Waals surface area contributed by atoms with Crippen molar-refractivity contribution >= 4 is 63.6 Å². The topological polar surface area (TPSA) is 127 Å². The number of furan rings is 1. The van der Waals surface area contributed by atoms with Crippen molar-refractivity contribution in [2.45, 2.75) is 24.0 Å². The number of thiophene rings is 1. The Labute approximate surface area is 280 Å². The van der Waals surface area contributed by atoms with E-state index in [1.165, 1.54) is 42.5 Å². The van der Waals surface area contributed by atoms with Crippen LogP contribution in [0.3, 0.4) is 0 Å². The summed E-state index contributed by atoms with van der Waals surface area (Å²) in [6.45, 7) is 3.73. The molecular formula is C36H31N3O6S2. The van der Waals surface area contributed by atoms with Crippen LogP contribution in [0, 0.1) is 6.92 Å². The Kier molecular flexibility index (Phi) is 10.7. The fourth-order valence-electron chi connectivity index (χ4n) is 4.48.